The number of benzene rings is 2. The Kier molecular flexibility index (Phi) is 9.25. The van der Waals surface area contributed by atoms with Gasteiger partial charge in [-0.25, -0.2) is 0 Å². The minimum atomic E-state index is -1.32. The topological polar surface area (TPSA) is 78.9 Å². The SMILES string of the molecule is CCOC(=O)C(C(=O)OCC)C(c1ccc(C)cc1)C(C(=O)OCC)c1ccccc1. The van der Waals surface area contributed by atoms with E-state index in [0.717, 1.165) is 5.56 Å². The summed E-state index contributed by atoms with van der Waals surface area (Å²) in [4.78, 5) is 39.1. The largest absolute Gasteiger partial charge is 0.466 e. The normalized spacial score (nSPS) is 12.7. The summed E-state index contributed by atoms with van der Waals surface area (Å²) in [5.74, 6) is -5.05. The molecule has 0 aliphatic rings. The fourth-order valence-corrected chi connectivity index (χ4v) is 3.60. The van der Waals surface area contributed by atoms with Crippen LogP contribution in [0.5, 0.6) is 0 Å². The molecule has 0 radical (unpaired) electrons. The van der Waals surface area contributed by atoms with Gasteiger partial charge in [-0.15, -0.1) is 0 Å². The van der Waals surface area contributed by atoms with Crippen molar-refractivity contribution in [2.45, 2.75) is 39.5 Å². The lowest BCUT2D eigenvalue weighted by atomic mass is 9.73. The van der Waals surface area contributed by atoms with Crippen LogP contribution in [0.4, 0.5) is 0 Å². The van der Waals surface area contributed by atoms with Gasteiger partial charge in [0.1, 0.15) is 0 Å². The molecule has 0 saturated heterocycles. The van der Waals surface area contributed by atoms with Crippen molar-refractivity contribution in [1.29, 1.82) is 0 Å². The van der Waals surface area contributed by atoms with Gasteiger partial charge in [-0.1, -0.05) is 60.2 Å². The van der Waals surface area contributed by atoms with Crippen molar-refractivity contribution < 1.29 is 28.6 Å². The van der Waals surface area contributed by atoms with Crippen molar-refractivity contribution in [2.75, 3.05) is 19.8 Å². The summed E-state index contributed by atoms with van der Waals surface area (Å²) in [5.41, 5.74) is 2.31. The highest BCUT2D eigenvalue weighted by Crippen LogP contribution is 2.41. The highest BCUT2D eigenvalue weighted by molar-refractivity contribution is 5.97. The third kappa shape index (κ3) is 6.17. The van der Waals surface area contributed by atoms with E-state index in [2.05, 4.69) is 0 Å². The molecule has 6 heteroatoms. The molecule has 0 N–H and O–H groups in total. The molecule has 0 amide bonds. The van der Waals surface area contributed by atoms with Crippen molar-refractivity contribution in [3.05, 3.63) is 71.3 Å². The van der Waals surface area contributed by atoms with E-state index in [1.54, 1.807) is 45.0 Å². The number of carbonyl (C=O) groups is 3. The van der Waals surface area contributed by atoms with Gasteiger partial charge in [0.15, 0.2) is 5.92 Å². The van der Waals surface area contributed by atoms with Crippen LogP contribution in [-0.4, -0.2) is 37.7 Å². The molecule has 6 nitrogen and oxygen atoms in total. The molecule has 0 heterocycles. The molecule has 0 fully saturated rings. The van der Waals surface area contributed by atoms with Crippen LogP contribution in [0.2, 0.25) is 0 Å². The van der Waals surface area contributed by atoms with Gasteiger partial charge < -0.3 is 14.2 Å². The van der Waals surface area contributed by atoms with Crippen LogP contribution >= 0.6 is 0 Å². The molecule has 0 aromatic heterocycles. The minimum Gasteiger partial charge on any atom is -0.466 e. The first kappa shape index (κ1) is 24.1. The number of aryl methyl sites for hydroxylation is 1. The first-order valence-corrected chi connectivity index (χ1v) is 10.6. The molecule has 0 saturated carbocycles. The molecule has 31 heavy (non-hydrogen) atoms. The van der Waals surface area contributed by atoms with Crippen LogP contribution < -0.4 is 0 Å². The third-order valence-corrected chi connectivity index (χ3v) is 4.96. The van der Waals surface area contributed by atoms with Crippen LogP contribution in [0.25, 0.3) is 0 Å². The Balaban J connectivity index is 2.72. The minimum absolute atomic E-state index is 0.102. The van der Waals surface area contributed by atoms with Crippen molar-refractivity contribution in [1.82, 2.24) is 0 Å². The first-order chi connectivity index (χ1) is 14.9. The fraction of sp³-hybridized carbons (Fsp3) is 0.400. The Hall–Kier alpha value is -3.15. The van der Waals surface area contributed by atoms with Crippen LogP contribution in [0, 0.1) is 12.8 Å². The Labute approximate surface area is 183 Å². The summed E-state index contributed by atoms with van der Waals surface area (Å²) in [5, 5.41) is 0. The first-order valence-electron chi connectivity index (χ1n) is 10.6. The number of hydrogen-bond donors (Lipinski definition) is 0. The Morgan fingerprint density at radius 3 is 1.65 bits per heavy atom. The zero-order valence-electron chi connectivity index (χ0n) is 18.5. The van der Waals surface area contributed by atoms with Crippen molar-refractivity contribution in [2.24, 2.45) is 5.92 Å². The molecular weight excluding hydrogens is 396 g/mol. The fourth-order valence-electron chi connectivity index (χ4n) is 3.60. The number of esters is 3. The summed E-state index contributed by atoms with van der Waals surface area (Å²) in [6, 6.07) is 16.4. The number of rotatable bonds is 10. The summed E-state index contributed by atoms with van der Waals surface area (Å²) in [7, 11) is 0. The van der Waals surface area contributed by atoms with Gasteiger partial charge in [0.25, 0.3) is 0 Å². The molecule has 2 atom stereocenters. The van der Waals surface area contributed by atoms with E-state index >= 15 is 0 Å². The van der Waals surface area contributed by atoms with E-state index in [1.165, 1.54) is 0 Å². The summed E-state index contributed by atoms with van der Waals surface area (Å²) in [6.07, 6.45) is 0. The maximum absolute atomic E-state index is 13.2. The van der Waals surface area contributed by atoms with Crippen LogP contribution in [-0.2, 0) is 28.6 Å². The number of ether oxygens (including phenoxy) is 3. The molecule has 2 aromatic carbocycles. The second-order valence-corrected chi connectivity index (χ2v) is 7.06. The van der Waals surface area contributed by atoms with Crippen LogP contribution in [0.1, 0.15) is 49.3 Å². The highest BCUT2D eigenvalue weighted by Gasteiger charge is 2.46. The average molecular weight is 427 g/mol. The summed E-state index contributed by atoms with van der Waals surface area (Å²) in [6.45, 7) is 7.37. The summed E-state index contributed by atoms with van der Waals surface area (Å²) < 4.78 is 15.8. The molecule has 0 aliphatic heterocycles. The zero-order valence-corrected chi connectivity index (χ0v) is 18.5. The van der Waals surface area contributed by atoms with Crippen LogP contribution in [0.15, 0.2) is 54.6 Å². The van der Waals surface area contributed by atoms with Gasteiger partial charge in [0, 0.05) is 5.92 Å². The van der Waals surface area contributed by atoms with Gasteiger partial charge in [-0.3, -0.25) is 14.4 Å². The predicted molar refractivity (Wildman–Crippen MR) is 116 cm³/mol. The average Bonchev–Trinajstić information content (AvgIpc) is 2.75. The lowest BCUT2D eigenvalue weighted by molar-refractivity contribution is -0.163. The molecule has 166 valence electrons. The molecular formula is C25H30O6. The molecule has 0 bridgehead atoms. The standard InChI is InChI=1S/C25H30O6/c1-5-29-23(26)21(18-11-9-8-10-12-18)20(19-15-13-17(4)14-16-19)22(24(27)30-6-2)25(28)31-7-3/h8-16,20-22H,5-7H2,1-4H3. The second-order valence-electron chi connectivity index (χ2n) is 7.06. The monoisotopic (exact) mass is 426 g/mol. The van der Waals surface area contributed by atoms with Crippen molar-refractivity contribution >= 4 is 17.9 Å². The van der Waals surface area contributed by atoms with E-state index in [-0.39, 0.29) is 19.8 Å². The van der Waals surface area contributed by atoms with Crippen molar-refractivity contribution in [3.8, 4) is 0 Å². The third-order valence-electron chi connectivity index (χ3n) is 4.96. The van der Waals surface area contributed by atoms with Crippen molar-refractivity contribution in [3.63, 3.8) is 0 Å². The van der Waals surface area contributed by atoms with E-state index in [0.29, 0.717) is 11.1 Å². The number of hydrogen-bond acceptors (Lipinski definition) is 6. The Morgan fingerprint density at radius 1 is 0.677 bits per heavy atom. The highest BCUT2D eigenvalue weighted by atomic mass is 16.6. The van der Waals surface area contributed by atoms with Gasteiger partial charge in [0.05, 0.1) is 25.7 Å². The zero-order chi connectivity index (χ0) is 22.8. The molecule has 0 spiro atoms. The van der Waals surface area contributed by atoms with E-state index in [4.69, 9.17) is 14.2 Å². The lowest BCUT2D eigenvalue weighted by Crippen LogP contribution is -2.38. The Bertz CT molecular complexity index is 841. The smallest absolute Gasteiger partial charge is 0.320 e. The van der Waals surface area contributed by atoms with Gasteiger partial charge in [-0.05, 0) is 38.8 Å². The molecule has 2 unspecified atom stereocenters. The molecule has 0 aliphatic carbocycles. The number of carbonyl (C=O) groups excluding carboxylic acids is 3. The lowest BCUT2D eigenvalue weighted by Gasteiger charge is -2.31. The van der Waals surface area contributed by atoms with Gasteiger partial charge in [-0.2, -0.15) is 0 Å². The van der Waals surface area contributed by atoms with Gasteiger partial charge in [0.2, 0.25) is 0 Å². The quantitative estimate of drug-likeness (QED) is 0.322. The van der Waals surface area contributed by atoms with Crippen LogP contribution in [0.3, 0.4) is 0 Å². The molecule has 2 aromatic rings. The second kappa shape index (κ2) is 11.9. The predicted octanol–water partition coefficient (Wildman–Crippen LogP) is 4.17. The Morgan fingerprint density at radius 2 is 1.16 bits per heavy atom. The molecule has 2 rings (SSSR count). The van der Waals surface area contributed by atoms with E-state index in [1.807, 2.05) is 37.3 Å². The maximum Gasteiger partial charge on any atom is 0.320 e. The van der Waals surface area contributed by atoms with Gasteiger partial charge >= 0.3 is 17.9 Å². The maximum atomic E-state index is 13.2. The summed E-state index contributed by atoms with van der Waals surface area (Å²) >= 11 is 0. The van der Waals surface area contributed by atoms with E-state index in [9.17, 15) is 14.4 Å². The van der Waals surface area contributed by atoms with E-state index < -0.39 is 35.7 Å².